The zero-order chi connectivity index (χ0) is 28.8. The first-order chi connectivity index (χ1) is 19.8. The molecule has 6 rings (SSSR count). The van der Waals surface area contributed by atoms with E-state index in [1.54, 1.807) is 6.33 Å². The molecule has 0 radical (unpaired) electrons. The van der Waals surface area contributed by atoms with Crippen molar-refractivity contribution in [3.8, 4) is 11.1 Å². The summed E-state index contributed by atoms with van der Waals surface area (Å²) >= 11 is 0. The predicted octanol–water partition coefficient (Wildman–Crippen LogP) is 6.89. The van der Waals surface area contributed by atoms with Gasteiger partial charge in [-0.25, -0.2) is 9.78 Å². The average Bonchev–Trinajstić information content (AvgIpc) is 3.43. The van der Waals surface area contributed by atoms with Crippen LogP contribution >= 0.6 is 0 Å². The number of hydrogen-bond donors (Lipinski definition) is 2. The molecule has 0 bridgehead atoms. The SMILES string of the molecule is O=C(O)C(F)(F)F.c1ccc(-c2ccc3c(c2)CN(Cc2cccc4ccccc24)CCN3Cc2cnc[nH]2)cc1. The Hall–Kier alpha value is -4.63. The fourth-order valence-corrected chi connectivity index (χ4v) is 5.08. The molecular formula is C32H29F3N4O2. The van der Waals surface area contributed by atoms with Gasteiger partial charge in [0.05, 0.1) is 18.6 Å². The van der Waals surface area contributed by atoms with Crippen LogP contribution in [0.3, 0.4) is 0 Å². The molecular weight excluding hydrogens is 529 g/mol. The van der Waals surface area contributed by atoms with Crippen LogP contribution in [0.1, 0.15) is 16.8 Å². The molecule has 2 heterocycles. The van der Waals surface area contributed by atoms with E-state index in [-0.39, 0.29) is 0 Å². The zero-order valence-corrected chi connectivity index (χ0v) is 22.2. The lowest BCUT2D eigenvalue weighted by molar-refractivity contribution is -0.192. The standard InChI is InChI=1S/C30H28N4.C2HF3O2/c1-2-7-23(8-3-1)25-13-14-30-27(17-25)20-33(15-16-34(30)21-28-18-31-22-32-28)19-26-11-6-10-24-9-4-5-12-29(24)26;3-2(4,5)1(6)7/h1-14,17-18,22H,15-16,19-21H2,(H,31,32);(H,6,7). The fourth-order valence-electron chi connectivity index (χ4n) is 5.08. The van der Waals surface area contributed by atoms with Crippen molar-refractivity contribution in [2.45, 2.75) is 25.8 Å². The van der Waals surface area contributed by atoms with E-state index in [1.807, 2.05) is 6.20 Å². The first-order valence-corrected chi connectivity index (χ1v) is 13.2. The maximum Gasteiger partial charge on any atom is 0.490 e. The van der Waals surface area contributed by atoms with E-state index in [2.05, 4.69) is 111 Å². The molecule has 9 heteroatoms. The maximum absolute atomic E-state index is 10.6. The summed E-state index contributed by atoms with van der Waals surface area (Å²) in [4.78, 5) is 21.5. The molecule has 5 aromatic rings. The van der Waals surface area contributed by atoms with Crippen LogP contribution < -0.4 is 4.90 Å². The molecule has 1 aromatic heterocycles. The second-order valence-electron chi connectivity index (χ2n) is 9.86. The lowest BCUT2D eigenvalue weighted by Gasteiger charge is -2.24. The van der Waals surface area contributed by atoms with Gasteiger partial charge in [-0.3, -0.25) is 4.90 Å². The minimum Gasteiger partial charge on any atom is -0.475 e. The summed E-state index contributed by atoms with van der Waals surface area (Å²) in [5.74, 6) is -2.76. The number of benzene rings is 4. The van der Waals surface area contributed by atoms with Crippen LogP contribution in [-0.4, -0.2) is 45.2 Å². The Balaban J connectivity index is 0.000000431. The molecule has 0 atom stereocenters. The normalized spacial score (nSPS) is 13.7. The number of carboxylic acid groups (broad SMARTS) is 1. The van der Waals surface area contributed by atoms with Gasteiger partial charge in [0.25, 0.3) is 0 Å². The molecule has 4 aromatic carbocycles. The van der Waals surface area contributed by atoms with Gasteiger partial charge in [-0.1, -0.05) is 78.9 Å². The number of rotatable bonds is 5. The van der Waals surface area contributed by atoms with Gasteiger partial charge in [0.1, 0.15) is 0 Å². The molecule has 0 aliphatic carbocycles. The Kier molecular flexibility index (Phi) is 8.35. The largest absolute Gasteiger partial charge is 0.490 e. The molecule has 0 saturated heterocycles. The molecule has 1 aliphatic rings. The van der Waals surface area contributed by atoms with Crippen LogP contribution in [0.25, 0.3) is 21.9 Å². The van der Waals surface area contributed by atoms with Gasteiger partial charge < -0.3 is 15.0 Å². The second kappa shape index (κ2) is 12.3. The lowest BCUT2D eigenvalue weighted by Crippen LogP contribution is -2.31. The van der Waals surface area contributed by atoms with Gasteiger partial charge in [-0.15, -0.1) is 0 Å². The fraction of sp³-hybridized carbons (Fsp3) is 0.188. The second-order valence-corrected chi connectivity index (χ2v) is 9.86. The van der Waals surface area contributed by atoms with Crippen molar-refractivity contribution in [2.24, 2.45) is 0 Å². The number of H-pyrrole nitrogens is 1. The number of hydrogen-bond acceptors (Lipinski definition) is 4. The number of anilines is 1. The number of carbonyl (C=O) groups is 1. The number of imidazole rings is 1. The molecule has 0 spiro atoms. The minimum atomic E-state index is -5.08. The summed E-state index contributed by atoms with van der Waals surface area (Å²) < 4.78 is 31.7. The van der Waals surface area contributed by atoms with Crippen molar-refractivity contribution >= 4 is 22.4 Å². The summed E-state index contributed by atoms with van der Waals surface area (Å²) in [7, 11) is 0. The Morgan fingerprint density at radius 1 is 0.878 bits per heavy atom. The molecule has 0 amide bonds. The van der Waals surface area contributed by atoms with Crippen molar-refractivity contribution in [3.05, 3.63) is 120 Å². The number of nitrogens with one attached hydrogen (secondary N) is 1. The van der Waals surface area contributed by atoms with Crippen LogP contribution in [-0.2, 0) is 24.4 Å². The number of carboxylic acids is 1. The number of alkyl halides is 3. The number of fused-ring (bicyclic) bond motifs is 2. The van der Waals surface area contributed by atoms with Gasteiger partial charge >= 0.3 is 12.1 Å². The number of nitrogens with zero attached hydrogens (tertiary/aromatic N) is 3. The Bertz CT molecular complexity index is 1600. The Morgan fingerprint density at radius 2 is 1.61 bits per heavy atom. The topological polar surface area (TPSA) is 72.5 Å². The highest BCUT2D eigenvalue weighted by Gasteiger charge is 2.38. The van der Waals surface area contributed by atoms with Crippen molar-refractivity contribution in [1.29, 1.82) is 0 Å². The van der Waals surface area contributed by atoms with Crippen molar-refractivity contribution < 1.29 is 23.1 Å². The zero-order valence-electron chi connectivity index (χ0n) is 22.2. The van der Waals surface area contributed by atoms with E-state index in [9.17, 15) is 13.2 Å². The van der Waals surface area contributed by atoms with Gasteiger partial charge in [-0.05, 0) is 45.2 Å². The first-order valence-electron chi connectivity index (χ1n) is 13.2. The molecule has 0 fully saturated rings. The number of halogens is 3. The van der Waals surface area contributed by atoms with Gasteiger partial charge in [-0.2, -0.15) is 13.2 Å². The highest BCUT2D eigenvalue weighted by Crippen LogP contribution is 2.32. The van der Waals surface area contributed by atoms with Crippen molar-refractivity contribution in [1.82, 2.24) is 14.9 Å². The molecule has 6 nitrogen and oxygen atoms in total. The third-order valence-corrected chi connectivity index (χ3v) is 7.04. The smallest absolute Gasteiger partial charge is 0.475 e. The average molecular weight is 559 g/mol. The van der Waals surface area contributed by atoms with Crippen molar-refractivity contribution in [3.63, 3.8) is 0 Å². The Labute approximate surface area is 235 Å². The summed E-state index contributed by atoms with van der Waals surface area (Å²) in [6.07, 6.45) is -1.39. The van der Waals surface area contributed by atoms with E-state index in [1.165, 1.54) is 38.7 Å². The first kappa shape index (κ1) is 27.9. The van der Waals surface area contributed by atoms with E-state index >= 15 is 0 Å². The summed E-state index contributed by atoms with van der Waals surface area (Å²) in [6.45, 7) is 4.68. The van der Waals surface area contributed by atoms with Crippen LogP contribution in [0.4, 0.5) is 18.9 Å². The number of aliphatic carboxylic acids is 1. The summed E-state index contributed by atoms with van der Waals surface area (Å²) in [6, 6.07) is 33.0. The molecule has 1 aliphatic heterocycles. The molecule has 210 valence electrons. The maximum atomic E-state index is 10.6. The predicted molar refractivity (Wildman–Crippen MR) is 153 cm³/mol. The summed E-state index contributed by atoms with van der Waals surface area (Å²) in [5, 5.41) is 9.78. The highest BCUT2D eigenvalue weighted by molar-refractivity contribution is 5.85. The highest BCUT2D eigenvalue weighted by atomic mass is 19.4. The summed E-state index contributed by atoms with van der Waals surface area (Å²) in [5.41, 5.74) is 7.75. The van der Waals surface area contributed by atoms with Crippen LogP contribution in [0.5, 0.6) is 0 Å². The van der Waals surface area contributed by atoms with Gasteiger partial charge in [0.2, 0.25) is 0 Å². The van der Waals surface area contributed by atoms with Crippen LogP contribution in [0, 0.1) is 0 Å². The minimum absolute atomic E-state index is 0.833. The number of aromatic amines is 1. The van der Waals surface area contributed by atoms with E-state index < -0.39 is 12.1 Å². The third kappa shape index (κ3) is 6.93. The molecule has 0 saturated carbocycles. The Morgan fingerprint density at radius 3 is 2.34 bits per heavy atom. The van der Waals surface area contributed by atoms with E-state index in [0.29, 0.717) is 0 Å². The quantitative estimate of drug-likeness (QED) is 0.246. The van der Waals surface area contributed by atoms with Crippen LogP contribution in [0.2, 0.25) is 0 Å². The van der Waals surface area contributed by atoms with Gasteiger partial charge in [0.15, 0.2) is 0 Å². The van der Waals surface area contributed by atoms with Crippen molar-refractivity contribution in [2.75, 3.05) is 18.0 Å². The molecule has 0 unspecified atom stereocenters. The molecule has 2 N–H and O–H groups in total. The van der Waals surface area contributed by atoms with E-state index in [4.69, 9.17) is 9.90 Å². The molecule has 41 heavy (non-hydrogen) atoms. The van der Waals surface area contributed by atoms with Gasteiger partial charge in [0, 0.05) is 38.1 Å². The lowest BCUT2D eigenvalue weighted by atomic mass is 10.0. The number of aromatic nitrogens is 2. The van der Waals surface area contributed by atoms with Crippen LogP contribution in [0.15, 0.2) is 104 Å². The third-order valence-electron chi connectivity index (χ3n) is 7.04. The monoisotopic (exact) mass is 558 g/mol. The van der Waals surface area contributed by atoms with E-state index in [0.717, 1.165) is 38.4 Å².